The lowest BCUT2D eigenvalue weighted by molar-refractivity contribution is -0.134. The van der Waals surface area contributed by atoms with Gasteiger partial charge in [0.15, 0.2) is 17.5 Å². The lowest BCUT2D eigenvalue weighted by Crippen LogP contribution is -2.46. The van der Waals surface area contributed by atoms with Crippen molar-refractivity contribution >= 4 is 17.5 Å². The molecule has 2 aliphatic rings. The van der Waals surface area contributed by atoms with Crippen LogP contribution in [0.5, 0.6) is 0 Å². The lowest BCUT2D eigenvalue weighted by atomic mass is 10.1. The Bertz CT molecular complexity index is 970. The van der Waals surface area contributed by atoms with Crippen molar-refractivity contribution in [3.05, 3.63) is 47.0 Å². The standard InChI is InChI=1S/C19H19F3N4O3/c1-10-8-26-15(14(7-23-26)24-3-2-16(27)19(24)29)9-25(10)17(28)6-11-4-12(20)18(22)13(21)5-11/h4-5,7,10,16,27H,2-3,6,8-9H2,1H3/t10-,16+/m0/s1. The minimum atomic E-state index is -1.57. The van der Waals surface area contributed by atoms with Crippen molar-refractivity contribution in [2.24, 2.45) is 0 Å². The Balaban J connectivity index is 1.56. The Morgan fingerprint density at radius 2 is 1.97 bits per heavy atom. The molecule has 1 aromatic carbocycles. The second-order valence-corrected chi connectivity index (χ2v) is 7.37. The first-order chi connectivity index (χ1) is 13.8. The number of carbonyl (C=O) groups is 2. The van der Waals surface area contributed by atoms with Crippen molar-refractivity contribution in [3.8, 4) is 0 Å². The van der Waals surface area contributed by atoms with Gasteiger partial charge in [-0.3, -0.25) is 14.3 Å². The summed E-state index contributed by atoms with van der Waals surface area (Å²) < 4.78 is 41.7. The van der Waals surface area contributed by atoms with Gasteiger partial charge in [0.1, 0.15) is 6.10 Å². The highest BCUT2D eigenvalue weighted by Crippen LogP contribution is 2.30. The molecule has 0 spiro atoms. The van der Waals surface area contributed by atoms with Crippen LogP contribution in [0.2, 0.25) is 0 Å². The van der Waals surface area contributed by atoms with Crippen LogP contribution in [0.15, 0.2) is 18.3 Å². The number of aromatic nitrogens is 2. The molecule has 29 heavy (non-hydrogen) atoms. The first-order valence-corrected chi connectivity index (χ1v) is 9.23. The van der Waals surface area contributed by atoms with E-state index < -0.39 is 29.5 Å². The number of fused-ring (bicyclic) bond motifs is 1. The van der Waals surface area contributed by atoms with E-state index in [1.54, 1.807) is 4.68 Å². The second-order valence-electron chi connectivity index (χ2n) is 7.37. The summed E-state index contributed by atoms with van der Waals surface area (Å²) in [5.41, 5.74) is 1.22. The van der Waals surface area contributed by atoms with E-state index in [0.717, 1.165) is 12.1 Å². The maximum atomic E-state index is 13.4. The van der Waals surface area contributed by atoms with Crippen molar-refractivity contribution in [2.75, 3.05) is 11.4 Å². The number of rotatable bonds is 3. The SMILES string of the molecule is C[C@H]1Cn2ncc(N3CC[C@@H](O)C3=O)c2CN1C(=O)Cc1cc(F)c(F)c(F)c1. The summed E-state index contributed by atoms with van der Waals surface area (Å²) in [5, 5.41) is 14.0. The van der Waals surface area contributed by atoms with Gasteiger partial charge in [-0.05, 0) is 24.6 Å². The number of halogens is 3. The van der Waals surface area contributed by atoms with E-state index in [1.807, 2.05) is 6.92 Å². The number of hydrogen-bond acceptors (Lipinski definition) is 4. The lowest BCUT2D eigenvalue weighted by Gasteiger charge is -2.35. The van der Waals surface area contributed by atoms with Gasteiger partial charge in [-0.1, -0.05) is 0 Å². The van der Waals surface area contributed by atoms with Gasteiger partial charge in [0.05, 0.1) is 37.1 Å². The number of hydrogen-bond donors (Lipinski definition) is 1. The average Bonchev–Trinajstić information content (AvgIpc) is 3.21. The summed E-state index contributed by atoms with van der Waals surface area (Å²) in [6.45, 7) is 2.72. The molecule has 1 N–H and O–H groups in total. The van der Waals surface area contributed by atoms with Gasteiger partial charge >= 0.3 is 0 Å². The van der Waals surface area contributed by atoms with Gasteiger partial charge in [-0.25, -0.2) is 13.2 Å². The summed E-state index contributed by atoms with van der Waals surface area (Å²) in [4.78, 5) is 28.0. The Hall–Kier alpha value is -2.88. The van der Waals surface area contributed by atoms with Crippen LogP contribution in [0.1, 0.15) is 24.6 Å². The molecule has 0 aliphatic carbocycles. The summed E-state index contributed by atoms with van der Waals surface area (Å²) in [6, 6.07) is 1.38. The van der Waals surface area contributed by atoms with E-state index >= 15 is 0 Å². The number of anilines is 1. The maximum absolute atomic E-state index is 13.4. The predicted molar refractivity (Wildman–Crippen MR) is 95.2 cm³/mol. The molecule has 4 rings (SSSR count). The molecule has 0 unspecified atom stereocenters. The van der Waals surface area contributed by atoms with Crippen LogP contribution in [-0.2, 0) is 29.1 Å². The second kappa shape index (κ2) is 7.18. The van der Waals surface area contributed by atoms with Gasteiger partial charge in [0.2, 0.25) is 5.91 Å². The molecule has 7 nitrogen and oxygen atoms in total. The molecular formula is C19H19F3N4O3. The number of aliphatic hydroxyl groups excluding tert-OH is 1. The van der Waals surface area contributed by atoms with Crippen LogP contribution in [0, 0.1) is 17.5 Å². The Labute approximate surface area is 164 Å². The fraction of sp³-hybridized carbons (Fsp3) is 0.421. The van der Waals surface area contributed by atoms with Crippen LogP contribution in [0.25, 0.3) is 0 Å². The van der Waals surface area contributed by atoms with E-state index in [0.29, 0.717) is 30.9 Å². The van der Waals surface area contributed by atoms with Crippen molar-refractivity contribution < 1.29 is 27.9 Å². The van der Waals surface area contributed by atoms with Crippen molar-refractivity contribution in [1.82, 2.24) is 14.7 Å². The van der Waals surface area contributed by atoms with Gasteiger partial charge in [0.25, 0.3) is 5.91 Å². The monoisotopic (exact) mass is 408 g/mol. The largest absolute Gasteiger partial charge is 0.383 e. The van der Waals surface area contributed by atoms with Gasteiger partial charge in [-0.15, -0.1) is 0 Å². The summed E-state index contributed by atoms with van der Waals surface area (Å²) >= 11 is 0. The van der Waals surface area contributed by atoms with Crippen molar-refractivity contribution in [3.63, 3.8) is 0 Å². The quantitative estimate of drug-likeness (QED) is 0.779. The fourth-order valence-electron chi connectivity index (χ4n) is 3.84. The molecule has 10 heteroatoms. The van der Waals surface area contributed by atoms with Crippen LogP contribution in [0.3, 0.4) is 0 Å². The zero-order chi connectivity index (χ0) is 20.9. The zero-order valence-electron chi connectivity index (χ0n) is 15.6. The highest BCUT2D eigenvalue weighted by atomic mass is 19.2. The van der Waals surface area contributed by atoms with E-state index in [-0.39, 0.29) is 30.5 Å². The first-order valence-electron chi connectivity index (χ1n) is 9.23. The average molecular weight is 408 g/mol. The molecule has 1 fully saturated rings. The smallest absolute Gasteiger partial charge is 0.255 e. The van der Waals surface area contributed by atoms with Crippen LogP contribution in [-0.4, -0.2) is 50.3 Å². The van der Waals surface area contributed by atoms with Crippen LogP contribution >= 0.6 is 0 Å². The third kappa shape index (κ3) is 3.37. The number of benzene rings is 1. The summed E-state index contributed by atoms with van der Waals surface area (Å²) in [7, 11) is 0. The number of carbonyl (C=O) groups excluding carboxylic acids is 2. The molecule has 0 saturated carbocycles. The zero-order valence-corrected chi connectivity index (χ0v) is 15.6. The molecule has 2 amide bonds. The van der Waals surface area contributed by atoms with Gasteiger partial charge in [-0.2, -0.15) is 5.10 Å². The molecular weight excluding hydrogens is 389 g/mol. The van der Waals surface area contributed by atoms with E-state index in [1.165, 1.54) is 16.0 Å². The third-order valence-electron chi connectivity index (χ3n) is 5.40. The molecule has 1 aromatic heterocycles. The topological polar surface area (TPSA) is 78.7 Å². The Morgan fingerprint density at radius 1 is 1.28 bits per heavy atom. The summed E-state index contributed by atoms with van der Waals surface area (Å²) in [6.07, 6.45) is 0.526. The molecule has 154 valence electrons. The fourth-order valence-corrected chi connectivity index (χ4v) is 3.84. The maximum Gasteiger partial charge on any atom is 0.255 e. The molecule has 2 atom stereocenters. The molecule has 1 saturated heterocycles. The number of nitrogens with zero attached hydrogens (tertiary/aromatic N) is 4. The molecule has 3 heterocycles. The normalized spacial score (nSPS) is 21.6. The van der Waals surface area contributed by atoms with E-state index in [2.05, 4.69) is 5.10 Å². The highest BCUT2D eigenvalue weighted by molar-refractivity contribution is 5.99. The predicted octanol–water partition coefficient (Wildman–Crippen LogP) is 1.37. The van der Waals surface area contributed by atoms with Gasteiger partial charge < -0.3 is 14.9 Å². The van der Waals surface area contributed by atoms with Crippen LogP contribution in [0.4, 0.5) is 18.9 Å². The summed E-state index contributed by atoms with van der Waals surface area (Å²) in [5.74, 6) is -5.04. The van der Waals surface area contributed by atoms with Crippen LogP contribution < -0.4 is 4.90 Å². The Kier molecular flexibility index (Phi) is 4.81. The van der Waals surface area contributed by atoms with E-state index in [9.17, 15) is 27.9 Å². The number of aliphatic hydroxyl groups is 1. The van der Waals surface area contributed by atoms with Gasteiger partial charge in [0, 0.05) is 19.0 Å². The minimum absolute atomic E-state index is 0.0377. The molecule has 2 aliphatic heterocycles. The van der Waals surface area contributed by atoms with E-state index in [4.69, 9.17) is 0 Å². The molecule has 0 radical (unpaired) electrons. The Morgan fingerprint density at radius 3 is 2.59 bits per heavy atom. The first kappa shape index (κ1) is 19.4. The highest BCUT2D eigenvalue weighted by Gasteiger charge is 2.36. The number of amides is 2. The third-order valence-corrected chi connectivity index (χ3v) is 5.40. The van der Waals surface area contributed by atoms with Crippen molar-refractivity contribution in [2.45, 2.75) is 45.0 Å². The minimum Gasteiger partial charge on any atom is -0.383 e. The molecule has 2 aromatic rings. The molecule has 0 bridgehead atoms. The van der Waals surface area contributed by atoms with Crippen molar-refractivity contribution in [1.29, 1.82) is 0 Å².